The summed E-state index contributed by atoms with van der Waals surface area (Å²) in [6.07, 6.45) is 0. The van der Waals surface area contributed by atoms with Gasteiger partial charge in [0.1, 0.15) is 11.6 Å². The molecule has 2 aromatic rings. The van der Waals surface area contributed by atoms with Crippen molar-refractivity contribution in [3.8, 4) is 0 Å². The fourth-order valence-electron chi connectivity index (χ4n) is 2.33. The number of benzene rings is 2. The van der Waals surface area contributed by atoms with Gasteiger partial charge in [-0.25, -0.2) is 8.78 Å². The molecule has 1 N–H and O–H groups in total. The monoisotopic (exact) mass is 353 g/mol. The van der Waals surface area contributed by atoms with Gasteiger partial charge in [0.25, 0.3) is 0 Å². The summed E-state index contributed by atoms with van der Waals surface area (Å²) in [5.74, 6) is -0.759. The molecule has 2 atom stereocenters. The number of rotatable bonds is 4. The second-order valence-corrected chi connectivity index (χ2v) is 6.20. The first-order valence-corrected chi connectivity index (χ1v) is 7.65. The number of nitrogens with one attached hydrogen (secondary N) is 1. The van der Waals surface area contributed by atoms with Gasteiger partial charge < -0.3 is 5.32 Å². The van der Waals surface area contributed by atoms with Crippen LogP contribution in [0.4, 0.5) is 8.78 Å². The van der Waals surface area contributed by atoms with Crippen LogP contribution in [0.1, 0.15) is 42.6 Å². The highest BCUT2D eigenvalue weighted by atomic mass is 79.9. The highest BCUT2D eigenvalue weighted by molar-refractivity contribution is 9.10. The predicted octanol–water partition coefficient (Wildman–Crippen LogP) is 5.45. The Morgan fingerprint density at radius 3 is 2.38 bits per heavy atom. The number of aryl methyl sites for hydroxylation is 1. The largest absolute Gasteiger partial charge is 0.304 e. The van der Waals surface area contributed by atoms with Crippen molar-refractivity contribution in [2.45, 2.75) is 32.9 Å². The van der Waals surface area contributed by atoms with Crippen LogP contribution in [-0.4, -0.2) is 0 Å². The fraction of sp³-hybridized carbons (Fsp3) is 0.294. The molecule has 0 saturated carbocycles. The highest BCUT2D eigenvalue weighted by Crippen LogP contribution is 2.25. The quantitative estimate of drug-likeness (QED) is 0.770. The van der Waals surface area contributed by atoms with E-state index in [1.54, 1.807) is 6.92 Å². The first-order chi connectivity index (χ1) is 9.88. The predicted molar refractivity (Wildman–Crippen MR) is 85.2 cm³/mol. The Bertz CT molecular complexity index is 643. The Morgan fingerprint density at radius 1 is 1.00 bits per heavy atom. The Morgan fingerprint density at radius 2 is 1.71 bits per heavy atom. The molecule has 0 aliphatic rings. The van der Waals surface area contributed by atoms with Crippen molar-refractivity contribution in [2.75, 3.05) is 0 Å². The molecule has 0 aliphatic heterocycles. The summed E-state index contributed by atoms with van der Waals surface area (Å²) >= 11 is 3.43. The summed E-state index contributed by atoms with van der Waals surface area (Å²) in [7, 11) is 0. The van der Waals surface area contributed by atoms with Crippen LogP contribution < -0.4 is 5.32 Å². The lowest BCUT2D eigenvalue weighted by atomic mass is 10.0. The van der Waals surface area contributed by atoms with Crippen LogP contribution in [0, 0.1) is 18.6 Å². The Labute approximate surface area is 132 Å². The normalized spacial score (nSPS) is 14.0. The van der Waals surface area contributed by atoms with Gasteiger partial charge in [-0.1, -0.05) is 28.1 Å². The van der Waals surface area contributed by atoms with Gasteiger partial charge in [-0.3, -0.25) is 0 Å². The van der Waals surface area contributed by atoms with Crippen molar-refractivity contribution in [1.82, 2.24) is 5.32 Å². The van der Waals surface area contributed by atoms with Crippen LogP contribution in [-0.2, 0) is 0 Å². The second kappa shape index (κ2) is 6.67. The third-order valence-corrected chi connectivity index (χ3v) is 4.09. The Kier molecular flexibility index (Phi) is 5.12. The number of hydrogen-bond acceptors (Lipinski definition) is 1. The van der Waals surface area contributed by atoms with E-state index in [0.29, 0.717) is 11.1 Å². The van der Waals surface area contributed by atoms with Crippen molar-refractivity contribution < 1.29 is 8.78 Å². The van der Waals surface area contributed by atoms with E-state index in [-0.39, 0.29) is 23.7 Å². The zero-order valence-electron chi connectivity index (χ0n) is 12.3. The molecule has 4 heteroatoms. The molecule has 21 heavy (non-hydrogen) atoms. The van der Waals surface area contributed by atoms with Gasteiger partial charge in [-0.2, -0.15) is 0 Å². The smallest absolute Gasteiger partial charge is 0.128 e. The molecule has 0 amide bonds. The summed E-state index contributed by atoms with van der Waals surface area (Å²) in [5, 5.41) is 3.30. The molecule has 0 aliphatic carbocycles. The summed E-state index contributed by atoms with van der Waals surface area (Å²) in [5.41, 5.74) is 1.76. The maximum atomic E-state index is 14.0. The molecule has 0 bridgehead atoms. The van der Waals surface area contributed by atoms with Crippen LogP contribution in [0.3, 0.4) is 0 Å². The van der Waals surface area contributed by atoms with Gasteiger partial charge >= 0.3 is 0 Å². The SMILES string of the molecule is Cc1cc(F)c(C(C)N[C@@H](C)c2cccc(Br)c2)cc1F. The topological polar surface area (TPSA) is 12.0 Å². The molecule has 0 radical (unpaired) electrons. The molecule has 0 aromatic heterocycles. The van der Waals surface area contributed by atoms with Crippen molar-refractivity contribution >= 4 is 15.9 Å². The molecular weight excluding hydrogens is 336 g/mol. The van der Waals surface area contributed by atoms with Crippen LogP contribution in [0.15, 0.2) is 40.9 Å². The van der Waals surface area contributed by atoms with E-state index < -0.39 is 0 Å². The van der Waals surface area contributed by atoms with Gasteiger partial charge in [0.05, 0.1) is 0 Å². The highest BCUT2D eigenvalue weighted by Gasteiger charge is 2.16. The van der Waals surface area contributed by atoms with E-state index in [1.165, 1.54) is 12.1 Å². The fourth-order valence-corrected chi connectivity index (χ4v) is 2.75. The molecule has 0 spiro atoms. The van der Waals surface area contributed by atoms with Crippen LogP contribution in [0.5, 0.6) is 0 Å². The summed E-state index contributed by atoms with van der Waals surface area (Å²) in [6, 6.07) is 10.2. The Hall–Kier alpha value is -1.26. The van der Waals surface area contributed by atoms with Gasteiger partial charge in [0.15, 0.2) is 0 Å². The lowest BCUT2D eigenvalue weighted by molar-refractivity contribution is 0.469. The number of halogens is 3. The van der Waals surface area contributed by atoms with E-state index in [0.717, 1.165) is 10.0 Å². The molecule has 0 heterocycles. The van der Waals surface area contributed by atoms with Gasteiger partial charge in [0, 0.05) is 22.1 Å². The van der Waals surface area contributed by atoms with E-state index >= 15 is 0 Å². The Balaban J connectivity index is 2.18. The molecule has 1 unspecified atom stereocenters. The zero-order chi connectivity index (χ0) is 15.6. The van der Waals surface area contributed by atoms with Crippen LogP contribution >= 0.6 is 15.9 Å². The van der Waals surface area contributed by atoms with E-state index in [4.69, 9.17) is 0 Å². The minimum absolute atomic E-state index is 0.0289. The third kappa shape index (κ3) is 3.89. The van der Waals surface area contributed by atoms with Crippen LogP contribution in [0.2, 0.25) is 0 Å². The number of hydrogen-bond donors (Lipinski definition) is 1. The maximum Gasteiger partial charge on any atom is 0.128 e. The van der Waals surface area contributed by atoms with Crippen molar-refractivity contribution in [1.29, 1.82) is 0 Å². The minimum atomic E-state index is -0.379. The van der Waals surface area contributed by atoms with Crippen molar-refractivity contribution in [3.05, 3.63) is 69.2 Å². The van der Waals surface area contributed by atoms with E-state index in [2.05, 4.69) is 21.2 Å². The van der Waals surface area contributed by atoms with Crippen LogP contribution in [0.25, 0.3) is 0 Å². The maximum absolute atomic E-state index is 14.0. The zero-order valence-corrected chi connectivity index (χ0v) is 13.8. The molecular formula is C17H18BrF2N. The standard InChI is InChI=1S/C17H18BrF2N/c1-10-7-17(20)15(9-16(10)19)12(3)21-11(2)13-5-4-6-14(18)8-13/h4-9,11-12,21H,1-3H3/t11-,12?/m0/s1. The first-order valence-electron chi connectivity index (χ1n) is 6.85. The molecule has 2 rings (SSSR count). The average molecular weight is 354 g/mol. The molecule has 0 saturated heterocycles. The lowest BCUT2D eigenvalue weighted by Crippen LogP contribution is -2.23. The van der Waals surface area contributed by atoms with E-state index in [9.17, 15) is 8.78 Å². The third-order valence-electron chi connectivity index (χ3n) is 3.59. The minimum Gasteiger partial charge on any atom is -0.304 e. The summed E-state index contributed by atoms with van der Waals surface area (Å²) in [6.45, 7) is 5.40. The first kappa shape index (κ1) is 16.1. The molecule has 112 valence electrons. The lowest BCUT2D eigenvalue weighted by Gasteiger charge is -2.21. The van der Waals surface area contributed by atoms with Gasteiger partial charge in [-0.05, 0) is 56.2 Å². The van der Waals surface area contributed by atoms with Gasteiger partial charge in [0.2, 0.25) is 0 Å². The summed E-state index contributed by atoms with van der Waals surface area (Å²) in [4.78, 5) is 0. The van der Waals surface area contributed by atoms with Crippen molar-refractivity contribution in [2.24, 2.45) is 0 Å². The second-order valence-electron chi connectivity index (χ2n) is 5.29. The molecule has 1 nitrogen and oxygen atoms in total. The summed E-state index contributed by atoms with van der Waals surface area (Å²) < 4.78 is 28.6. The van der Waals surface area contributed by atoms with Gasteiger partial charge in [-0.15, -0.1) is 0 Å². The van der Waals surface area contributed by atoms with E-state index in [1.807, 2.05) is 38.1 Å². The average Bonchev–Trinajstić information content (AvgIpc) is 2.42. The van der Waals surface area contributed by atoms with Crippen molar-refractivity contribution in [3.63, 3.8) is 0 Å². The molecule has 2 aromatic carbocycles. The molecule has 0 fully saturated rings.